The predicted molar refractivity (Wildman–Crippen MR) is 70.6 cm³/mol. The molecule has 1 aliphatic rings. The Labute approximate surface area is 113 Å². The quantitative estimate of drug-likeness (QED) is 0.791. The molecule has 5 nitrogen and oxygen atoms in total. The van der Waals surface area contributed by atoms with Crippen molar-refractivity contribution < 1.29 is 14.1 Å². The summed E-state index contributed by atoms with van der Waals surface area (Å²) in [5.74, 6) is 1.44. The fraction of sp³-hybridized carbons (Fsp3) is 0.714. The molecule has 0 aliphatic heterocycles. The monoisotopic (exact) mass is 266 g/mol. The van der Waals surface area contributed by atoms with Crippen molar-refractivity contribution in [2.24, 2.45) is 5.92 Å². The molecular formula is C14H22N2O3. The van der Waals surface area contributed by atoms with Crippen LogP contribution in [0.2, 0.25) is 0 Å². The minimum absolute atomic E-state index is 0.000602. The number of ether oxygens (including phenoxy) is 1. The minimum Gasteiger partial charge on any atom is -0.368 e. The van der Waals surface area contributed by atoms with Crippen LogP contribution >= 0.6 is 0 Å². The first kappa shape index (κ1) is 14.1. The van der Waals surface area contributed by atoms with Crippen molar-refractivity contribution >= 4 is 5.91 Å². The standard InChI is InChI=1S/C14H22N2O3/c1-9-13(10(2)19-15-9)7-16(4)14(17)11(3)18-8-12-5-6-12/h11-12H,5-8H2,1-4H3/t11-/m1/s1. The maximum absolute atomic E-state index is 12.2. The number of hydrogen-bond acceptors (Lipinski definition) is 4. The molecule has 2 rings (SSSR count). The molecule has 1 fully saturated rings. The second-order valence-electron chi connectivity index (χ2n) is 5.42. The molecule has 1 aromatic rings. The van der Waals surface area contributed by atoms with E-state index in [1.54, 1.807) is 11.9 Å². The van der Waals surface area contributed by atoms with Crippen molar-refractivity contribution in [3.8, 4) is 0 Å². The highest BCUT2D eigenvalue weighted by Gasteiger charge is 2.25. The van der Waals surface area contributed by atoms with Gasteiger partial charge in [0.1, 0.15) is 11.9 Å². The lowest BCUT2D eigenvalue weighted by atomic mass is 10.2. The van der Waals surface area contributed by atoms with Crippen LogP contribution in [0.4, 0.5) is 0 Å². The van der Waals surface area contributed by atoms with E-state index in [0.29, 0.717) is 19.1 Å². The zero-order valence-electron chi connectivity index (χ0n) is 12.1. The van der Waals surface area contributed by atoms with E-state index in [4.69, 9.17) is 9.26 Å². The van der Waals surface area contributed by atoms with E-state index in [1.807, 2.05) is 20.8 Å². The summed E-state index contributed by atoms with van der Waals surface area (Å²) in [6.07, 6.45) is 2.08. The van der Waals surface area contributed by atoms with Gasteiger partial charge in [-0.05, 0) is 39.5 Å². The summed E-state index contributed by atoms with van der Waals surface area (Å²) in [4.78, 5) is 13.8. The number of aromatic nitrogens is 1. The third kappa shape index (κ3) is 3.56. The maximum atomic E-state index is 12.2. The van der Waals surface area contributed by atoms with Crippen LogP contribution in [0.25, 0.3) is 0 Å². The van der Waals surface area contributed by atoms with Crippen molar-refractivity contribution in [2.45, 2.75) is 46.3 Å². The second kappa shape index (κ2) is 5.74. The van der Waals surface area contributed by atoms with Gasteiger partial charge in [0, 0.05) is 12.6 Å². The number of aryl methyl sites for hydroxylation is 2. The van der Waals surface area contributed by atoms with E-state index in [-0.39, 0.29) is 12.0 Å². The SMILES string of the molecule is Cc1noc(C)c1CN(C)C(=O)[C@@H](C)OCC1CC1. The Morgan fingerprint density at radius 3 is 2.74 bits per heavy atom. The molecule has 0 N–H and O–H groups in total. The zero-order valence-corrected chi connectivity index (χ0v) is 12.1. The Bertz CT molecular complexity index is 432. The number of likely N-dealkylation sites (N-methyl/N-ethyl adjacent to an activating group) is 1. The summed E-state index contributed by atoms with van der Waals surface area (Å²) in [6, 6.07) is 0. The van der Waals surface area contributed by atoms with Gasteiger partial charge in [-0.15, -0.1) is 0 Å². The molecule has 0 saturated heterocycles. The summed E-state index contributed by atoms with van der Waals surface area (Å²) in [5, 5.41) is 3.90. The molecule has 19 heavy (non-hydrogen) atoms. The first-order chi connectivity index (χ1) is 8.99. The Balaban J connectivity index is 1.87. The number of hydrogen-bond donors (Lipinski definition) is 0. The molecule has 1 atom stereocenters. The van der Waals surface area contributed by atoms with Gasteiger partial charge in [0.15, 0.2) is 0 Å². The van der Waals surface area contributed by atoms with Crippen LogP contribution in [-0.2, 0) is 16.1 Å². The molecular weight excluding hydrogens is 244 g/mol. The van der Waals surface area contributed by atoms with Gasteiger partial charge < -0.3 is 14.2 Å². The zero-order chi connectivity index (χ0) is 14.0. The lowest BCUT2D eigenvalue weighted by Gasteiger charge is -2.21. The predicted octanol–water partition coefficient (Wildman–Crippen LogP) is 2.06. The molecule has 0 spiro atoms. The molecule has 0 radical (unpaired) electrons. The number of carbonyl (C=O) groups excluding carboxylic acids is 1. The van der Waals surface area contributed by atoms with E-state index in [0.717, 1.165) is 17.0 Å². The molecule has 0 unspecified atom stereocenters. The van der Waals surface area contributed by atoms with Crippen molar-refractivity contribution in [1.29, 1.82) is 0 Å². The molecule has 5 heteroatoms. The average molecular weight is 266 g/mol. The highest BCUT2D eigenvalue weighted by molar-refractivity contribution is 5.80. The molecule has 1 aliphatic carbocycles. The molecule has 0 aromatic carbocycles. The smallest absolute Gasteiger partial charge is 0.251 e. The Kier molecular flexibility index (Phi) is 4.24. The highest BCUT2D eigenvalue weighted by atomic mass is 16.5. The van der Waals surface area contributed by atoms with E-state index >= 15 is 0 Å². The lowest BCUT2D eigenvalue weighted by molar-refractivity contribution is -0.142. The topological polar surface area (TPSA) is 55.6 Å². The first-order valence-electron chi connectivity index (χ1n) is 6.77. The van der Waals surface area contributed by atoms with Crippen LogP contribution in [0.1, 0.15) is 36.8 Å². The fourth-order valence-corrected chi connectivity index (χ4v) is 1.99. The van der Waals surface area contributed by atoms with Crippen LogP contribution in [0.3, 0.4) is 0 Å². The average Bonchev–Trinajstić information content (AvgIpc) is 3.17. The first-order valence-corrected chi connectivity index (χ1v) is 6.77. The Morgan fingerprint density at radius 1 is 1.53 bits per heavy atom. The molecule has 1 amide bonds. The summed E-state index contributed by atoms with van der Waals surface area (Å²) >= 11 is 0. The number of nitrogens with zero attached hydrogens (tertiary/aromatic N) is 2. The maximum Gasteiger partial charge on any atom is 0.251 e. The van der Waals surface area contributed by atoms with Crippen molar-refractivity contribution in [3.63, 3.8) is 0 Å². The normalized spacial score (nSPS) is 16.4. The Hall–Kier alpha value is -1.36. The largest absolute Gasteiger partial charge is 0.368 e. The summed E-state index contributed by atoms with van der Waals surface area (Å²) in [6.45, 7) is 6.77. The molecule has 0 bridgehead atoms. The molecule has 1 saturated carbocycles. The van der Waals surface area contributed by atoms with Gasteiger partial charge in [-0.1, -0.05) is 5.16 Å². The van der Waals surface area contributed by atoms with Crippen LogP contribution in [-0.4, -0.2) is 35.7 Å². The van der Waals surface area contributed by atoms with Crippen LogP contribution in [0.5, 0.6) is 0 Å². The van der Waals surface area contributed by atoms with E-state index < -0.39 is 0 Å². The number of carbonyl (C=O) groups is 1. The van der Waals surface area contributed by atoms with Crippen LogP contribution < -0.4 is 0 Å². The van der Waals surface area contributed by atoms with Crippen molar-refractivity contribution in [2.75, 3.05) is 13.7 Å². The van der Waals surface area contributed by atoms with Gasteiger partial charge in [-0.2, -0.15) is 0 Å². The van der Waals surface area contributed by atoms with Gasteiger partial charge in [-0.25, -0.2) is 0 Å². The van der Waals surface area contributed by atoms with Gasteiger partial charge in [-0.3, -0.25) is 4.79 Å². The summed E-state index contributed by atoms with van der Waals surface area (Å²) < 4.78 is 10.7. The molecule has 1 heterocycles. The molecule has 1 aromatic heterocycles. The number of amides is 1. The van der Waals surface area contributed by atoms with Crippen molar-refractivity contribution in [3.05, 3.63) is 17.0 Å². The van der Waals surface area contributed by atoms with E-state index in [1.165, 1.54) is 12.8 Å². The minimum atomic E-state index is -0.383. The van der Waals surface area contributed by atoms with Crippen molar-refractivity contribution in [1.82, 2.24) is 10.1 Å². The summed E-state index contributed by atoms with van der Waals surface area (Å²) in [7, 11) is 1.78. The second-order valence-corrected chi connectivity index (χ2v) is 5.42. The lowest BCUT2D eigenvalue weighted by Crippen LogP contribution is -2.36. The third-order valence-corrected chi connectivity index (χ3v) is 3.58. The van der Waals surface area contributed by atoms with Crippen LogP contribution in [0.15, 0.2) is 4.52 Å². The van der Waals surface area contributed by atoms with Gasteiger partial charge in [0.05, 0.1) is 18.8 Å². The Morgan fingerprint density at radius 2 is 2.21 bits per heavy atom. The number of rotatable bonds is 6. The van der Waals surface area contributed by atoms with Gasteiger partial charge in [0.25, 0.3) is 5.91 Å². The summed E-state index contributed by atoms with van der Waals surface area (Å²) in [5.41, 5.74) is 1.81. The molecule has 106 valence electrons. The van der Waals surface area contributed by atoms with E-state index in [2.05, 4.69) is 5.16 Å². The fourth-order valence-electron chi connectivity index (χ4n) is 1.99. The van der Waals surface area contributed by atoms with E-state index in [9.17, 15) is 4.79 Å². The van der Waals surface area contributed by atoms with Gasteiger partial charge >= 0.3 is 0 Å². The van der Waals surface area contributed by atoms with Crippen LogP contribution in [0, 0.1) is 19.8 Å². The van der Waals surface area contributed by atoms with Gasteiger partial charge in [0.2, 0.25) is 0 Å². The third-order valence-electron chi connectivity index (χ3n) is 3.58. The highest BCUT2D eigenvalue weighted by Crippen LogP contribution is 2.29.